The average Bonchev–Trinajstić information content (AvgIpc) is 3.26. The molecule has 9 heteroatoms. The summed E-state index contributed by atoms with van der Waals surface area (Å²) in [6, 6.07) is 6.08. The number of nitriles is 1. The van der Waals surface area contributed by atoms with Crippen molar-refractivity contribution < 1.29 is 9.90 Å². The number of fused-ring (bicyclic) bond motifs is 1. The molecule has 0 saturated heterocycles. The van der Waals surface area contributed by atoms with Gasteiger partial charge in [0.15, 0.2) is 4.34 Å². The molecule has 0 unspecified atom stereocenters. The molecular formula is C16H15N5O2S2. The zero-order valence-electron chi connectivity index (χ0n) is 13.3. The monoisotopic (exact) mass is 373 g/mol. The van der Waals surface area contributed by atoms with E-state index in [2.05, 4.69) is 26.1 Å². The van der Waals surface area contributed by atoms with Gasteiger partial charge in [-0.05, 0) is 18.6 Å². The number of aromatic amines is 1. The molecular weight excluding hydrogens is 358 g/mol. The number of aliphatic hydroxyl groups excluding tert-OH is 1. The van der Waals surface area contributed by atoms with Crippen LogP contribution in [0.2, 0.25) is 0 Å². The minimum absolute atomic E-state index is 0.108. The molecule has 25 heavy (non-hydrogen) atoms. The van der Waals surface area contributed by atoms with E-state index >= 15 is 0 Å². The van der Waals surface area contributed by atoms with Gasteiger partial charge in [0, 0.05) is 35.5 Å². The van der Waals surface area contributed by atoms with Crippen LogP contribution in [-0.2, 0) is 0 Å². The minimum atomic E-state index is -0.307. The molecule has 7 nitrogen and oxygen atoms in total. The third-order valence-electron chi connectivity index (χ3n) is 3.53. The molecule has 0 atom stereocenters. The Morgan fingerprint density at radius 3 is 3.12 bits per heavy atom. The number of H-pyrrole nitrogens is 1. The van der Waals surface area contributed by atoms with E-state index in [1.165, 1.54) is 23.3 Å². The maximum atomic E-state index is 11.8. The lowest BCUT2D eigenvalue weighted by molar-refractivity contribution is 0.0940. The summed E-state index contributed by atoms with van der Waals surface area (Å²) < 4.78 is 3.91. The number of nitrogens with one attached hydrogen (secondary N) is 3. The molecule has 0 bridgehead atoms. The summed E-state index contributed by atoms with van der Waals surface area (Å²) in [7, 11) is 0. The first-order valence-corrected chi connectivity index (χ1v) is 9.12. The highest BCUT2D eigenvalue weighted by Gasteiger charge is 2.13. The van der Waals surface area contributed by atoms with Crippen LogP contribution in [0, 0.1) is 18.3 Å². The lowest BCUT2D eigenvalue weighted by atomic mass is 10.1. The molecule has 1 aromatic carbocycles. The number of hydrogen-bond donors (Lipinski definition) is 4. The Hall–Kier alpha value is -2.54. The molecule has 128 valence electrons. The molecule has 0 aliphatic rings. The van der Waals surface area contributed by atoms with E-state index < -0.39 is 0 Å². The van der Waals surface area contributed by atoms with Gasteiger partial charge in [0.25, 0.3) is 5.91 Å². The number of hydrogen-bond acceptors (Lipinski definition) is 7. The van der Waals surface area contributed by atoms with Crippen molar-refractivity contribution in [3.05, 3.63) is 40.5 Å². The third-order valence-corrected chi connectivity index (χ3v) is 5.29. The fraction of sp³-hybridized carbons (Fsp3) is 0.188. The molecule has 0 fully saturated rings. The molecule has 0 spiro atoms. The van der Waals surface area contributed by atoms with Gasteiger partial charge in [-0.2, -0.15) is 5.26 Å². The summed E-state index contributed by atoms with van der Waals surface area (Å²) in [5.74, 6) is -0.307. The first-order chi connectivity index (χ1) is 12.1. The Morgan fingerprint density at radius 1 is 1.52 bits per heavy atom. The van der Waals surface area contributed by atoms with Crippen molar-refractivity contribution in [3.8, 4) is 6.07 Å². The summed E-state index contributed by atoms with van der Waals surface area (Å²) in [6.07, 6.45) is 1.69. The van der Waals surface area contributed by atoms with Crippen molar-refractivity contribution in [2.24, 2.45) is 0 Å². The molecule has 0 aliphatic carbocycles. The van der Waals surface area contributed by atoms with E-state index in [9.17, 15) is 10.1 Å². The summed E-state index contributed by atoms with van der Waals surface area (Å²) >= 11 is 2.65. The average molecular weight is 373 g/mol. The van der Waals surface area contributed by atoms with Gasteiger partial charge in [0.2, 0.25) is 0 Å². The number of nitrogens with zero attached hydrogens (tertiary/aromatic N) is 2. The number of thiazole rings is 1. The largest absolute Gasteiger partial charge is 0.395 e. The molecule has 0 aliphatic heterocycles. The summed E-state index contributed by atoms with van der Waals surface area (Å²) in [5, 5.41) is 23.1. The Labute approximate surface area is 152 Å². The summed E-state index contributed by atoms with van der Waals surface area (Å²) in [4.78, 5) is 19.2. The lowest BCUT2D eigenvalue weighted by Crippen LogP contribution is -2.26. The smallest absolute Gasteiger partial charge is 0.270 e. The second-order valence-electron chi connectivity index (χ2n) is 5.18. The van der Waals surface area contributed by atoms with Gasteiger partial charge >= 0.3 is 0 Å². The Bertz CT molecular complexity index is 957. The molecule has 3 aromatic rings. The molecule has 2 aromatic heterocycles. The molecule has 4 N–H and O–H groups in total. The summed E-state index contributed by atoms with van der Waals surface area (Å²) in [5.41, 5.74) is 3.66. The Balaban J connectivity index is 1.75. The van der Waals surface area contributed by atoms with E-state index in [1.807, 2.05) is 19.1 Å². The van der Waals surface area contributed by atoms with Crippen molar-refractivity contribution in [3.63, 3.8) is 0 Å². The van der Waals surface area contributed by atoms with E-state index in [0.717, 1.165) is 22.2 Å². The number of benzene rings is 1. The zero-order chi connectivity index (χ0) is 17.8. The number of amides is 1. The quantitative estimate of drug-likeness (QED) is 0.494. The molecule has 3 rings (SSSR count). The second-order valence-corrected chi connectivity index (χ2v) is 7.09. The van der Waals surface area contributed by atoms with Crippen LogP contribution < -0.4 is 10.0 Å². The highest BCUT2D eigenvalue weighted by Crippen LogP contribution is 2.32. The van der Waals surface area contributed by atoms with Crippen LogP contribution in [0.25, 0.3) is 10.9 Å². The van der Waals surface area contributed by atoms with Gasteiger partial charge in [0.1, 0.15) is 11.8 Å². The maximum absolute atomic E-state index is 11.8. The van der Waals surface area contributed by atoms with Crippen LogP contribution >= 0.6 is 23.3 Å². The fourth-order valence-corrected chi connectivity index (χ4v) is 3.86. The number of carbonyl (C=O) groups is 1. The van der Waals surface area contributed by atoms with Gasteiger partial charge in [-0.1, -0.05) is 6.07 Å². The SMILES string of the molecule is Cc1ccc(NSc2nc(C(=O)NCCO)cs2)c2[nH]cc(C#N)c12. The van der Waals surface area contributed by atoms with Crippen LogP contribution in [0.1, 0.15) is 21.6 Å². The number of rotatable bonds is 6. The highest BCUT2D eigenvalue weighted by atomic mass is 32.2. The van der Waals surface area contributed by atoms with Crippen molar-refractivity contribution in [2.75, 3.05) is 17.9 Å². The zero-order valence-corrected chi connectivity index (χ0v) is 14.9. The number of aryl methyl sites for hydroxylation is 1. The fourth-order valence-electron chi connectivity index (χ4n) is 2.36. The van der Waals surface area contributed by atoms with Crippen LogP contribution in [0.15, 0.2) is 28.0 Å². The highest BCUT2D eigenvalue weighted by molar-refractivity contribution is 8.02. The van der Waals surface area contributed by atoms with E-state index in [-0.39, 0.29) is 19.1 Å². The normalized spacial score (nSPS) is 10.6. The van der Waals surface area contributed by atoms with E-state index in [1.54, 1.807) is 11.6 Å². The number of aromatic nitrogens is 2. The number of aliphatic hydroxyl groups is 1. The first kappa shape index (κ1) is 17.3. The predicted molar refractivity (Wildman–Crippen MR) is 98.8 cm³/mol. The van der Waals surface area contributed by atoms with Crippen molar-refractivity contribution in [1.82, 2.24) is 15.3 Å². The minimum Gasteiger partial charge on any atom is -0.395 e. The molecule has 2 heterocycles. The van der Waals surface area contributed by atoms with E-state index in [4.69, 9.17) is 5.11 Å². The van der Waals surface area contributed by atoms with Crippen LogP contribution in [0.3, 0.4) is 0 Å². The molecule has 0 radical (unpaired) electrons. The summed E-state index contributed by atoms with van der Waals surface area (Å²) in [6.45, 7) is 2.06. The van der Waals surface area contributed by atoms with Crippen LogP contribution in [0.4, 0.5) is 5.69 Å². The topological polar surface area (TPSA) is 114 Å². The Morgan fingerprint density at radius 2 is 2.36 bits per heavy atom. The maximum Gasteiger partial charge on any atom is 0.270 e. The van der Waals surface area contributed by atoms with Crippen molar-refractivity contribution in [1.29, 1.82) is 5.26 Å². The van der Waals surface area contributed by atoms with Crippen molar-refractivity contribution >= 4 is 45.8 Å². The lowest BCUT2D eigenvalue weighted by Gasteiger charge is -2.06. The van der Waals surface area contributed by atoms with Crippen LogP contribution in [-0.4, -0.2) is 34.1 Å². The predicted octanol–water partition coefficient (Wildman–Crippen LogP) is 2.65. The van der Waals surface area contributed by atoms with E-state index in [0.29, 0.717) is 15.6 Å². The van der Waals surface area contributed by atoms with Gasteiger partial charge in [-0.15, -0.1) is 11.3 Å². The first-order valence-electron chi connectivity index (χ1n) is 7.42. The van der Waals surface area contributed by atoms with Gasteiger partial charge < -0.3 is 20.1 Å². The number of anilines is 1. The second kappa shape index (κ2) is 7.57. The van der Waals surface area contributed by atoms with Gasteiger partial charge in [0.05, 0.1) is 23.4 Å². The van der Waals surface area contributed by atoms with Gasteiger partial charge in [-0.3, -0.25) is 4.79 Å². The standard InChI is InChI=1S/C16H15N5O2S2/c1-9-2-3-11(14-13(9)10(6-17)7-19-14)21-25-16-20-12(8-24-16)15(23)18-4-5-22/h2-3,7-8,19,21-22H,4-5H2,1H3,(H,18,23). The van der Waals surface area contributed by atoms with Gasteiger partial charge in [-0.25, -0.2) is 4.98 Å². The van der Waals surface area contributed by atoms with Crippen LogP contribution in [0.5, 0.6) is 0 Å². The molecule has 0 saturated carbocycles. The number of carbonyl (C=O) groups excluding carboxylic acids is 1. The third kappa shape index (κ3) is 3.61. The molecule has 1 amide bonds. The Kier molecular flexibility index (Phi) is 5.23. The van der Waals surface area contributed by atoms with Crippen molar-refractivity contribution in [2.45, 2.75) is 11.3 Å².